The molecule has 0 atom stereocenters. The fourth-order valence-corrected chi connectivity index (χ4v) is 1.12. The van der Waals surface area contributed by atoms with Gasteiger partial charge in [0.1, 0.15) is 11.5 Å². The molecule has 15 heavy (non-hydrogen) atoms. The van der Waals surface area contributed by atoms with Crippen LogP contribution >= 0.6 is 0 Å². The van der Waals surface area contributed by atoms with Crippen LogP contribution in [0.4, 0.5) is 0 Å². The third kappa shape index (κ3) is 3.42. The number of carbonyl (C=O) groups is 2. The molecule has 0 aliphatic rings. The van der Waals surface area contributed by atoms with Crippen LogP contribution in [0.2, 0.25) is 0 Å². The topological polar surface area (TPSA) is 52.6 Å². The molecule has 0 bridgehead atoms. The summed E-state index contributed by atoms with van der Waals surface area (Å²) in [5, 5.41) is 0. The molecule has 0 aromatic heterocycles. The number of rotatable bonds is 2. The average molecular weight is 208 g/mol. The van der Waals surface area contributed by atoms with Gasteiger partial charge in [0.05, 0.1) is 0 Å². The van der Waals surface area contributed by atoms with Crippen LogP contribution in [0, 0.1) is 6.92 Å². The van der Waals surface area contributed by atoms with Gasteiger partial charge in [0.25, 0.3) is 0 Å². The second-order valence-electron chi connectivity index (χ2n) is 3.11. The lowest BCUT2D eigenvalue weighted by atomic mass is 10.2. The van der Waals surface area contributed by atoms with E-state index in [4.69, 9.17) is 9.47 Å². The third-order valence-corrected chi connectivity index (χ3v) is 1.66. The average Bonchev–Trinajstić information content (AvgIpc) is 2.08. The molecule has 80 valence electrons. The van der Waals surface area contributed by atoms with Gasteiger partial charge in [-0.05, 0) is 30.7 Å². The molecule has 0 aliphatic heterocycles. The predicted molar refractivity (Wildman–Crippen MR) is 53.8 cm³/mol. The Hall–Kier alpha value is -1.84. The Labute approximate surface area is 87.8 Å². The summed E-state index contributed by atoms with van der Waals surface area (Å²) in [6.07, 6.45) is 0. The first-order chi connectivity index (χ1) is 6.99. The molecule has 0 saturated carbocycles. The molecule has 1 aromatic rings. The van der Waals surface area contributed by atoms with Gasteiger partial charge in [-0.25, -0.2) is 0 Å². The molecule has 1 rings (SSSR count). The SMILES string of the molecule is CC(=O)Oc1ccc(OC(C)=O)c(C)c1. The molecule has 0 amide bonds. The maximum Gasteiger partial charge on any atom is 0.308 e. The molecule has 0 saturated heterocycles. The molecule has 1 aromatic carbocycles. The van der Waals surface area contributed by atoms with Gasteiger partial charge in [-0.3, -0.25) is 9.59 Å². The van der Waals surface area contributed by atoms with Crippen molar-refractivity contribution in [1.29, 1.82) is 0 Å². The van der Waals surface area contributed by atoms with Crippen LogP contribution in [-0.2, 0) is 9.59 Å². The lowest BCUT2D eigenvalue weighted by Gasteiger charge is -2.07. The first-order valence-electron chi connectivity index (χ1n) is 4.46. The molecule has 4 nitrogen and oxygen atoms in total. The number of esters is 2. The van der Waals surface area contributed by atoms with Crippen LogP contribution < -0.4 is 9.47 Å². The van der Waals surface area contributed by atoms with E-state index in [-0.39, 0.29) is 11.9 Å². The van der Waals surface area contributed by atoms with Crippen LogP contribution in [-0.4, -0.2) is 11.9 Å². The maximum atomic E-state index is 10.7. The molecular formula is C11H12O4. The van der Waals surface area contributed by atoms with Crippen molar-refractivity contribution in [2.24, 2.45) is 0 Å². The van der Waals surface area contributed by atoms with Crippen molar-refractivity contribution < 1.29 is 19.1 Å². The molecular weight excluding hydrogens is 196 g/mol. The smallest absolute Gasteiger partial charge is 0.308 e. The highest BCUT2D eigenvalue weighted by molar-refractivity contribution is 5.71. The second kappa shape index (κ2) is 4.59. The van der Waals surface area contributed by atoms with E-state index >= 15 is 0 Å². The van der Waals surface area contributed by atoms with Crippen molar-refractivity contribution in [2.45, 2.75) is 20.8 Å². The van der Waals surface area contributed by atoms with Crippen molar-refractivity contribution in [3.05, 3.63) is 23.8 Å². The van der Waals surface area contributed by atoms with Crippen molar-refractivity contribution in [2.75, 3.05) is 0 Å². The predicted octanol–water partition coefficient (Wildman–Crippen LogP) is 1.85. The van der Waals surface area contributed by atoms with Gasteiger partial charge in [-0.15, -0.1) is 0 Å². The van der Waals surface area contributed by atoms with Gasteiger partial charge in [-0.1, -0.05) is 0 Å². The van der Waals surface area contributed by atoms with Gasteiger partial charge < -0.3 is 9.47 Å². The molecule has 0 radical (unpaired) electrons. The molecule has 0 heterocycles. The highest BCUT2D eigenvalue weighted by atomic mass is 16.5. The largest absolute Gasteiger partial charge is 0.427 e. The Kier molecular flexibility index (Phi) is 3.44. The first kappa shape index (κ1) is 11.2. The zero-order chi connectivity index (χ0) is 11.4. The standard InChI is InChI=1S/C11H12O4/c1-7-6-10(14-8(2)12)4-5-11(7)15-9(3)13/h4-6H,1-3H3. The summed E-state index contributed by atoms with van der Waals surface area (Å²) in [5.41, 5.74) is 0.740. The fraction of sp³-hybridized carbons (Fsp3) is 0.273. The third-order valence-electron chi connectivity index (χ3n) is 1.66. The minimum atomic E-state index is -0.380. The first-order valence-corrected chi connectivity index (χ1v) is 4.46. The summed E-state index contributed by atoms with van der Waals surface area (Å²) in [6.45, 7) is 4.43. The van der Waals surface area contributed by atoms with E-state index in [0.717, 1.165) is 5.56 Å². The van der Waals surface area contributed by atoms with E-state index in [1.54, 1.807) is 25.1 Å². The number of ether oxygens (including phenoxy) is 2. The molecule has 0 fully saturated rings. The number of aryl methyl sites for hydroxylation is 1. The Balaban J connectivity index is 2.87. The summed E-state index contributed by atoms with van der Waals surface area (Å²) in [4.78, 5) is 21.4. The van der Waals surface area contributed by atoms with E-state index in [0.29, 0.717) is 11.5 Å². The Morgan fingerprint density at radius 3 is 2.13 bits per heavy atom. The molecule has 4 heteroatoms. The van der Waals surface area contributed by atoms with E-state index in [1.165, 1.54) is 13.8 Å². The monoisotopic (exact) mass is 208 g/mol. The van der Waals surface area contributed by atoms with Gasteiger partial charge in [0.2, 0.25) is 0 Å². The van der Waals surface area contributed by atoms with Gasteiger partial charge in [0, 0.05) is 13.8 Å². The zero-order valence-corrected chi connectivity index (χ0v) is 8.87. The van der Waals surface area contributed by atoms with Crippen LogP contribution in [0.15, 0.2) is 18.2 Å². The van der Waals surface area contributed by atoms with Gasteiger partial charge in [-0.2, -0.15) is 0 Å². The van der Waals surface area contributed by atoms with E-state index < -0.39 is 0 Å². The van der Waals surface area contributed by atoms with Gasteiger partial charge >= 0.3 is 11.9 Å². The zero-order valence-electron chi connectivity index (χ0n) is 8.87. The number of hydrogen-bond acceptors (Lipinski definition) is 4. The van der Waals surface area contributed by atoms with Crippen LogP contribution in [0.1, 0.15) is 19.4 Å². The van der Waals surface area contributed by atoms with E-state index in [9.17, 15) is 9.59 Å². The fourth-order valence-electron chi connectivity index (χ4n) is 1.12. The summed E-state index contributed by atoms with van der Waals surface area (Å²) in [7, 11) is 0. The lowest BCUT2D eigenvalue weighted by Crippen LogP contribution is -2.04. The summed E-state index contributed by atoms with van der Waals surface area (Å²) < 4.78 is 9.80. The minimum Gasteiger partial charge on any atom is -0.427 e. The molecule has 0 unspecified atom stereocenters. The number of benzene rings is 1. The summed E-state index contributed by atoms with van der Waals surface area (Å²) >= 11 is 0. The highest BCUT2D eigenvalue weighted by Crippen LogP contribution is 2.23. The minimum absolute atomic E-state index is 0.377. The molecule has 0 spiro atoms. The number of hydrogen-bond donors (Lipinski definition) is 0. The van der Waals surface area contributed by atoms with Crippen molar-refractivity contribution >= 4 is 11.9 Å². The summed E-state index contributed by atoms with van der Waals surface area (Å²) in [6, 6.07) is 4.81. The van der Waals surface area contributed by atoms with Gasteiger partial charge in [0.15, 0.2) is 0 Å². The Bertz CT molecular complexity index is 396. The van der Waals surface area contributed by atoms with Crippen molar-refractivity contribution in [3.63, 3.8) is 0 Å². The van der Waals surface area contributed by atoms with E-state index in [2.05, 4.69) is 0 Å². The lowest BCUT2D eigenvalue weighted by molar-refractivity contribution is -0.133. The van der Waals surface area contributed by atoms with E-state index in [1.807, 2.05) is 0 Å². The normalized spacial score (nSPS) is 9.53. The highest BCUT2D eigenvalue weighted by Gasteiger charge is 2.05. The van der Waals surface area contributed by atoms with Crippen molar-refractivity contribution in [1.82, 2.24) is 0 Å². The van der Waals surface area contributed by atoms with Crippen LogP contribution in [0.3, 0.4) is 0 Å². The second-order valence-corrected chi connectivity index (χ2v) is 3.11. The summed E-state index contributed by atoms with van der Waals surface area (Å²) in [5.74, 6) is 0.155. The Morgan fingerprint density at radius 1 is 1.07 bits per heavy atom. The van der Waals surface area contributed by atoms with Crippen LogP contribution in [0.25, 0.3) is 0 Å². The van der Waals surface area contributed by atoms with Crippen LogP contribution in [0.5, 0.6) is 11.5 Å². The number of carbonyl (C=O) groups excluding carboxylic acids is 2. The maximum absolute atomic E-state index is 10.7. The molecule has 0 N–H and O–H groups in total. The molecule has 0 aliphatic carbocycles. The Morgan fingerprint density at radius 2 is 1.67 bits per heavy atom. The van der Waals surface area contributed by atoms with Crippen molar-refractivity contribution in [3.8, 4) is 11.5 Å². The quantitative estimate of drug-likeness (QED) is 0.549.